The molecule has 0 aromatic rings. The second-order valence-corrected chi connectivity index (χ2v) is 1.74. The minimum atomic E-state index is 0.946. The quantitative estimate of drug-likeness (QED) is 0.310. The van der Waals surface area contributed by atoms with E-state index in [1.807, 2.05) is 12.2 Å². The molecular weight excluding hydrogens is 112 g/mol. The van der Waals surface area contributed by atoms with Crippen LogP contribution in [0.4, 0.5) is 0 Å². The van der Waals surface area contributed by atoms with Crippen LogP contribution >= 0.6 is 0 Å². The number of carbonyl (C=O) groups excluding carboxylic acids is 1. The van der Waals surface area contributed by atoms with Crippen molar-refractivity contribution in [1.29, 1.82) is 0 Å². The fourth-order valence-corrected chi connectivity index (χ4v) is 0.511. The second kappa shape index (κ2) is 7.15. The van der Waals surface area contributed by atoms with Gasteiger partial charge in [0.05, 0.1) is 0 Å². The van der Waals surface area contributed by atoms with E-state index in [0.29, 0.717) is 0 Å². The van der Waals surface area contributed by atoms with E-state index in [2.05, 4.69) is 6.58 Å². The van der Waals surface area contributed by atoms with E-state index in [4.69, 9.17) is 0 Å². The van der Waals surface area contributed by atoms with Gasteiger partial charge >= 0.3 is 0 Å². The molecule has 0 aromatic carbocycles. The summed E-state index contributed by atoms with van der Waals surface area (Å²) in [4.78, 5) is 9.61. The highest BCUT2D eigenvalue weighted by atomic mass is 16.1. The van der Waals surface area contributed by atoms with Crippen molar-refractivity contribution in [2.75, 3.05) is 0 Å². The molecule has 0 aliphatic rings. The van der Waals surface area contributed by atoms with Crippen molar-refractivity contribution in [3.8, 4) is 0 Å². The third kappa shape index (κ3) is 7.15. The lowest BCUT2D eigenvalue weighted by Crippen LogP contribution is -1.67. The van der Waals surface area contributed by atoms with Crippen molar-refractivity contribution in [2.24, 2.45) is 0 Å². The van der Waals surface area contributed by atoms with Gasteiger partial charge in [0.25, 0.3) is 0 Å². The molecule has 1 heteroatoms. The molecule has 0 saturated carbocycles. The highest BCUT2D eigenvalue weighted by Gasteiger charge is 1.77. The van der Waals surface area contributed by atoms with Gasteiger partial charge in [0.2, 0.25) is 6.29 Å². The van der Waals surface area contributed by atoms with E-state index in [1.165, 1.54) is 6.08 Å². The van der Waals surface area contributed by atoms with Gasteiger partial charge in [0.15, 0.2) is 0 Å². The van der Waals surface area contributed by atoms with Crippen LogP contribution in [0.25, 0.3) is 0 Å². The van der Waals surface area contributed by atoms with Crippen LogP contribution in [0.2, 0.25) is 0 Å². The SMILES string of the molecule is C=CCCC/C=C/[C]=O. The zero-order chi connectivity index (χ0) is 6.95. The zero-order valence-electron chi connectivity index (χ0n) is 5.47. The summed E-state index contributed by atoms with van der Waals surface area (Å²) >= 11 is 0. The molecule has 0 N–H and O–H groups in total. The molecule has 0 atom stereocenters. The first-order valence-corrected chi connectivity index (χ1v) is 3.05. The third-order valence-electron chi connectivity index (χ3n) is 0.965. The third-order valence-corrected chi connectivity index (χ3v) is 0.965. The van der Waals surface area contributed by atoms with Crippen LogP contribution in [0, 0.1) is 0 Å². The molecule has 49 valence electrons. The van der Waals surface area contributed by atoms with Crippen molar-refractivity contribution in [3.63, 3.8) is 0 Å². The van der Waals surface area contributed by atoms with Gasteiger partial charge in [0, 0.05) is 0 Å². The lowest BCUT2D eigenvalue weighted by molar-refractivity contribution is 0.564. The Bertz CT molecular complexity index is 103. The van der Waals surface area contributed by atoms with Gasteiger partial charge in [0.1, 0.15) is 0 Å². The summed E-state index contributed by atoms with van der Waals surface area (Å²) in [5.74, 6) is 0. The van der Waals surface area contributed by atoms with Gasteiger partial charge in [-0.25, -0.2) is 0 Å². The van der Waals surface area contributed by atoms with Crippen LogP contribution in [0.15, 0.2) is 24.8 Å². The lowest BCUT2D eigenvalue weighted by Gasteiger charge is -1.85. The Kier molecular flexibility index (Phi) is 6.47. The van der Waals surface area contributed by atoms with Crippen LogP contribution in [-0.4, -0.2) is 6.29 Å². The molecular formula is C8H11O. The first-order valence-electron chi connectivity index (χ1n) is 3.05. The van der Waals surface area contributed by atoms with Crippen LogP contribution < -0.4 is 0 Å². The van der Waals surface area contributed by atoms with Gasteiger partial charge in [-0.1, -0.05) is 12.2 Å². The first-order chi connectivity index (χ1) is 4.41. The fourth-order valence-electron chi connectivity index (χ4n) is 0.511. The van der Waals surface area contributed by atoms with Crippen molar-refractivity contribution in [2.45, 2.75) is 19.3 Å². The van der Waals surface area contributed by atoms with Crippen molar-refractivity contribution >= 4 is 6.29 Å². The Morgan fingerprint density at radius 2 is 2.22 bits per heavy atom. The Labute approximate surface area is 56.1 Å². The van der Waals surface area contributed by atoms with Crippen LogP contribution in [-0.2, 0) is 4.79 Å². The van der Waals surface area contributed by atoms with E-state index in [1.54, 1.807) is 6.29 Å². The summed E-state index contributed by atoms with van der Waals surface area (Å²) in [5.41, 5.74) is 0. The number of unbranched alkanes of at least 4 members (excludes halogenated alkanes) is 2. The Balaban J connectivity index is 2.98. The van der Waals surface area contributed by atoms with E-state index >= 15 is 0 Å². The summed E-state index contributed by atoms with van der Waals surface area (Å²) < 4.78 is 0. The summed E-state index contributed by atoms with van der Waals surface area (Å²) in [6.45, 7) is 3.58. The smallest absolute Gasteiger partial charge is 0.225 e. The van der Waals surface area contributed by atoms with Gasteiger partial charge in [-0.05, 0) is 25.3 Å². The topological polar surface area (TPSA) is 17.1 Å². The summed E-state index contributed by atoms with van der Waals surface area (Å²) in [5, 5.41) is 0. The molecule has 0 spiro atoms. The first kappa shape index (κ1) is 8.15. The Morgan fingerprint density at radius 3 is 2.78 bits per heavy atom. The molecule has 0 aliphatic heterocycles. The van der Waals surface area contributed by atoms with Gasteiger partial charge in [-0.2, -0.15) is 0 Å². The maximum Gasteiger partial charge on any atom is 0.225 e. The number of hydrogen-bond acceptors (Lipinski definition) is 1. The molecule has 0 rings (SSSR count). The molecule has 0 saturated heterocycles. The van der Waals surface area contributed by atoms with E-state index < -0.39 is 0 Å². The Morgan fingerprint density at radius 1 is 1.44 bits per heavy atom. The predicted octanol–water partition coefficient (Wildman–Crippen LogP) is 2.01. The molecule has 0 unspecified atom stereocenters. The summed E-state index contributed by atoms with van der Waals surface area (Å²) in [6.07, 6.45) is 9.82. The average molecular weight is 123 g/mol. The minimum absolute atomic E-state index is 0.946. The molecule has 0 bridgehead atoms. The molecule has 9 heavy (non-hydrogen) atoms. The van der Waals surface area contributed by atoms with Crippen molar-refractivity contribution < 1.29 is 4.79 Å². The average Bonchev–Trinajstić information content (AvgIpc) is 1.89. The molecule has 0 aliphatic carbocycles. The van der Waals surface area contributed by atoms with E-state index in [-0.39, 0.29) is 0 Å². The molecule has 0 fully saturated rings. The predicted molar refractivity (Wildman–Crippen MR) is 38.9 cm³/mol. The molecule has 0 aromatic heterocycles. The van der Waals surface area contributed by atoms with E-state index in [9.17, 15) is 4.79 Å². The van der Waals surface area contributed by atoms with Gasteiger partial charge < -0.3 is 0 Å². The molecule has 1 nitrogen and oxygen atoms in total. The lowest BCUT2D eigenvalue weighted by atomic mass is 10.2. The second-order valence-electron chi connectivity index (χ2n) is 1.74. The Hall–Kier alpha value is -0.850. The highest BCUT2D eigenvalue weighted by molar-refractivity contribution is 5.65. The zero-order valence-corrected chi connectivity index (χ0v) is 5.47. The van der Waals surface area contributed by atoms with Gasteiger partial charge in [-0.3, -0.25) is 4.79 Å². The fraction of sp³-hybridized carbons (Fsp3) is 0.375. The maximum absolute atomic E-state index is 9.61. The number of rotatable bonds is 5. The van der Waals surface area contributed by atoms with Gasteiger partial charge in [-0.15, -0.1) is 6.58 Å². The molecule has 1 radical (unpaired) electrons. The largest absolute Gasteiger partial charge is 0.286 e. The highest BCUT2D eigenvalue weighted by Crippen LogP contribution is 1.95. The molecule has 0 heterocycles. The summed E-state index contributed by atoms with van der Waals surface area (Å²) in [7, 11) is 0. The monoisotopic (exact) mass is 123 g/mol. The van der Waals surface area contributed by atoms with E-state index in [0.717, 1.165) is 19.3 Å². The normalized spacial score (nSPS) is 9.78. The van der Waals surface area contributed by atoms with Crippen LogP contribution in [0.3, 0.4) is 0 Å². The van der Waals surface area contributed by atoms with Crippen molar-refractivity contribution in [3.05, 3.63) is 24.8 Å². The molecule has 0 amide bonds. The number of hydrogen-bond donors (Lipinski definition) is 0. The minimum Gasteiger partial charge on any atom is -0.286 e. The summed E-state index contributed by atoms with van der Waals surface area (Å²) in [6, 6.07) is 0. The van der Waals surface area contributed by atoms with Crippen molar-refractivity contribution in [1.82, 2.24) is 0 Å². The standard InChI is InChI=1S/C8H11O/c1-2-3-4-5-6-7-8-9/h2,6-7H,1,3-5H2/b7-6+. The maximum atomic E-state index is 9.61. The van der Waals surface area contributed by atoms with Crippen LogP contribution in [0.5, 0.6) is 0 Å². The van der Waals surface area contributed by atoms with Crippen LogP contribution in [0.1, 0.15) is 19.3 Å². The number of allylic oxidation sites excluding steroid dienone is 3.